The molecule has 1 N–H and O–H groups in total. The van der Waals surface area contributed by atoms with Crippen LogP contribution < -0.4 is 5.32 Å². The zero-order valence-corrected chi connectivity index (χ0v) is 24.7. The zero-order valence-electron chi connectivity index (χ0n) is 23.5. The molecule has 1 fully saturated rings. The van der Waals surface area contributed by atoms with Crippen molar-refractivity contribution in [2.75, 3.05) is 33.4 Å². The fraction of sp³-hybridized carbons (Fsp3) is 0.367. The summed E-state index contributed by atoms with van der Waals surface area (Å²) in [4.78, 5) is 35.1. The molecule has 0 saturated carbocycles. The summed E-state index contributed by atoms with van der Waals surface area (Å²) in [7, 11) is 3.02. The minimum Gasteiger partial charge on any atom is -0.383 e. The van der Waals surface area contributed by atoms with E-state index in [2.05, 4.69) is 15.3 Å². The number of piperidine rings is 1. The van der Waals surface area contributed by atoms with Crippen LogP contribution in [0.3, 0.4) is 0 Å². The monoisotopic (exact) mass is 594 g/mol. The molecule has 1 atom stereocenters. The molecule has 1 saturated heterocycles. The Bertz CT molecular complexity index is 1560. The van der Waals surface area contributed by atoms with E-state index in [9.17, 15) is 18.4 Å². The van der Waals surface area contributed by atoms with Crippen molar-refractivity contribution in [2.24, 2.45) is 5.92 Å². The summed E-state index contributed by atoms with van der Waals surface area (Å²) in [5.74, 6) is -0.349. The molecule has 0 radical (unpaired) electrons. The van der Waals surface area contributed by atoms with E-state index in [4.69, 9.17) is 9.84 Å². The lowest BCUT2D eigenvalue weighted by Crippen LogP contribution is -2.39. The zero-order chi connectivity index (χ0) is 29.9. The molecule has 0 aliphatic carbocycles. The minimum absolute atomic E-state index is 0.0361. The van der Waals surface area contributed by atoms with E-state index < -0.39 is 11.5 Å². The first kappa shape index (κ1) is 29.7. The predicted molar refractivity (Wildman–Crippen MR) is 158 cm³/mol. The number of fused-ring (bicyclic) bond motifs is 1. The Morgan fingerprint density at radius 1 is 1.07 bits per heavy atom. The van der Waals surface area contributed by atoms with Crippen LogP contribution in [0.15, 0.2) is 55.0 Å². The number of methoxy groups -OCH3 is 1. The largest absolute Gasteiger partial charge is 0.383 e. The smallest absolute Gasteiger partial charge is 0.316 e. The average molecular weight is 595 g/mol. The van der Waals surface area contributed by atoms with Gasteiger partial charge in [0.15, 0.2) is 0 Å². The number of nitrogens with zero attached hydrogens (tertiary/aromatic N) is 5. The van der Waals surface area contributed by atoms with Gasteiger partial charge in [-0.15, -0.1) is 0 Å². The standard InChI is InChI=1S/C30H33F2N6O3P/c1-19-24(27(39)33-11-14-41-2)7-8-26-25(19)18-38(36-26)17-20-9-12-37(13-10-20)28(40)22-5-3-21(4-6-22)23-15-34-29(35-16-23)30(31,32)42/h3-8,15-16,18,20H,9-14,17,42H2,1-2H3,(H,33,39). The van der Waals surface area contributed by atoms with Gasteiger partial charge in [-0.3, -0.25) is 14.3 Å². The van der Waals surface area contributed by atoms with Gasteiger partial charge in [-0.05, 0) is 61.1 Å². The Kier molecular flexibility index (Phi) is 8.89. The van der Waals surface area contributed by atoms with Crippen molar-refractivity contribution in [2.45, 2.75) is 32.0 Å². The lowest BCUT2D eigenvalue weighted by molar-refractivity contribution is 0.0681. The number of carbonyl (C=O) groups is 2. The molecule has 2 aromatic heterocycles. The van der Waals surface area contributed by atoms with Crippen LogP contribution in [0.2, 0.25) is 0 Å². The SMILES string of the molecule is COCCNC(=O)c1ccc2nn(CC3CCN(C(=O)c4ccc(-c5cnc(C(F)(F)P)nc5)cc4)CC3)cc2c1C. The number of aryl methyl sites for hydroxylation is 1. The van der Waals surface area contributed by atoms with E-state index in [1.807, 2.05) is 34.8 Å². The third kappa shape index (κ3) is 6.63. The number of ether oxygens (including phenoxy) is 1. The lowest BCUT2D eigenvalue weighted by Gasteiger charge is -2.32. The molecule has 4 aromatic rings. The molecule has 5 rings (SSSR count). The van der Waals surface area contributed by atoms with E-state index in [0.717, 1.165) is 41.4 Å². The molecule has 3 heterocycles. The van der Waals surface area contributed by atoms with Crippen molar-refractivity contribution < 1.29 is 23.1 Å². The molecule has 1 aliphatic heterocycles. The molecule has 2 amide bonds. The number of nitrogens with one attached hydrogen (secondary N) is 1. The van der Waals surface area contributed by atoms with E-state index in [0.29, 0.717) is 48.8 Å². The van der Waals surface area contributed by atoms with Gasteiger partial charge in [-0.1, -0.05) is 21.4 Å². The van der Waals surface area contributed by atoms with Crippen molar-refractivity contribution in [3.8, 4) is 11.1 Å². The van der Waals surface area contributed by atoms with E-state index in [-0.39, 0.29) is 11.8 Å². The van der Waals surface area contributed by atoms with Crippen molar-refractivity contribution in [3.05, 3.63) is 77.5 Å². The predicted octanol–water partition coefficient (Wildman–Crippen LogP) is 4.65. The van der Waals surface area contributed by atoms with Crippen LogP contribution in [0, 0.1) is 12.8 Å². The second-order valence-electron chi connectivity index (χ2n) is 10.5. The normalized spacial score (nSPS) is 14.4. The van der Waals surface area contributed by atoms with Gasteiger partial charge in [0.2, 0.25) is 5.82 Å². The van der Waals surface area contributed by atoms with Crippen molar-refractivity contribution in [1.29, 1.82) is 0 Å². The Morgan fingerprint density at radius 3 is 2.40 bits per heavy atom. The Balaban J connectivity index is 1.16. The summed E-state index contributed by atoms with van der Waals surface area (Å²) in [6, 6.07) is 10.7. The van der Waals surface area contributed by atoms with E-state index >= 15 is 0 Å². The summed E-state index contributed by atoms with van der Waals surface area (Å²) >= 11 is 0. The van der Waals surface area contributed by atoms with Crippen LogP contribution in [0.4, 0.5) is 8.78 Å². The van der Waals surface area contributed by atoms with Crippen LogP contribution in [0.1, 0.15) is 44.9 Å². The molecule has 0 bridgehead atoms. The minimum atomic E-state index is -3.18. The molecule has 1 aliphatic rings. The third-order valence-electron chi connectivity index (χ3n) is 7.60. The van der Waals surface area contributed by atoms with Crippen LogP contribution in [-0.4, -0.2) is 69.8 Å². The first-order valence-corrected chi connectivity index (χ1v) is 14.3. The van der Waals surface area contributed by atoms with Crippen molar-refractivity contribution >= 4 is 32.0 Å². The number of amides is 2. The fourth-order valence-electron chi connectivity index (χ4n) is 5.20. The Hall–Kier alpha value is -3.82. The van der Waals surface area contributed by atoms with Crippen LogP contribution in [0.5, 0.6) is 0 Å². The third-order valence-corrected chi connectivity index (χ3v) is 7.86. The fourth-order valence-corrected chi connectivity index (χ4v) is 5.35. The highest BCUT2D eigenvalue weighted by molar-refractivity contribution is 7.17. The van der Waals surface area contributed by atoms with Crippen LogP contribution in [-0.2, 0) is 16.9 Å². The van der Waals surface area contributed by atoms with Gasteiger partial charge in [0.05, 0.1) is 12.1 Å². The number of benzene rings is 2. The van der Waals surface area contributed by atoms with Gasteiger partial charge in [0, 0.05) is 74.0 Å². The summed E-state index contributed by atoms with van der Waals surface area (Å²) in [5.41, 5.74) is 1.10. The van der Waals surface area contributed by atoms with Crippen LogP contribution >= 0.6 is 9.24 Å². The number of hydrogen-bond donors (Lipinski definition) is 1. The second-order valence-corrected chi connectivity index (χ2v) is 11.2. The summed E-state index contributed by atoms with van der Waals surface area (Å²) < 4.78 is 33.7. The van der Waals surface area contributed by atoms with Crippen molar-refractivity contribution in [1.82, 2.24) is 30.0 Å². The number of carbonyl (C=O) groups excluding carboxylic acids is 2. The summed E-state index contributed by atoms with van der Waals surface area (Å²) in [6.45, 7) is 4.88. The molecule has 1 unspecified atom stereocenters. The molecule has 42 heavy (non-hydrogen) atoms. The number of alkyl halides is 2. The highest BCUT2D eigenvalue weighted by Gasteiger charge is 2.28. The van der Waals surface area contributed by atoms with Crippen molar-refractivity contribution in [3.63, 3.8) is 0 Å². The summed E-state index contributed by atoms with van der Waals surface area (Å²) in [6.07, 6.45) is 6.42. The lowest BCUT2D eigenvalue weighted by atomic mass is 9.96. The number of aromatic nitrogens is 4. The molecule has 12 heteroatoms. The van der Waals surface area contributed by atoms with E-state index in [1.165, 1.54) is 21.6 Å². The number of halogens is 2. The van der Waals surface area contributed by atoms with Gasteiger partial charge in [0.25, 0.3) is 11.8 Å². The number of rotatable bonds is 9. The van der Waals surface area contributed by atoms with Gasteiger partial charge < -0.3 is 15.0 Å². The molecule has 220 valence electrons. The highest BCUT2D eigenvalue weighted by atomic mass is 31.0. The van der Waals surface area contributed by atoms with Crippen LogP contribution in [0.25, 0.3) is 22.0 Å². The number of likely N-dealkylation sites (tertiary alicyclic amines) is 1. The summed E-state index contributed by atoms with van der Waals surface area (Å²) in [5, 5.41) is 8.55. The molecule has 9 nitrogen and oxygen atoms in total. The quantitative estimate of drug-likeness (QED) is 0.224. The Labute approximate surface area is 244 Å². The highest BCUT2D eigenvalue weighted by Crippen LogP contribution is 2.32. The van der Waals surface area contributed by atoms with Gasteiger partial charge in [0.1, 0.15) is 0 Å². The maximum atomic E-state index is 13.4. The van der Waals surface area contributed by atoms with Gasteiger partial charge in [-0.2, -0.15) is 13.9 Å². The molecular formula is C30H33F2N6O3P. The maximum absolute atomic E-state index is 13.4. The first-order valence-electron chi connectivity index (χ1n) is 13.8. The molecular weight excluding hydrogens is 561 g/mol. The molecule has 0 spiro atoms. The average Bonchev–Trinajstić information content (AvgIpc) is 3.40. The van der Waals surface area contributed by atoms with E-state index in [1.54, 1.807) is 31.4 Å². The first-order chi connectivity index (χ1) is 20.1. The number of hydrogen-bond acceptors (Lipinski definition) is 6. The Morgan fingerprint density at radius 2 is 1.76 bits per heavy atom. The maximum Gasteiger partial charge on any atom is 0.316 e. The van der Waals surface area contributed by atoms with Gasteiger partial charge in [-0.25, -0.2) is 9.97 Å². The molecule has 2 aromatic carbocycles. The second kappa shape index (κ2) is 12.6. The van der Waals surface area contributed by atoms with Gasteiger partial charge >= 0.3 is 5.66 Å². The topological polar surface area (TPSA) is 102 Å².